The number of oxazole rings is 1. The van der Waals surface area contributed by atoms with Crippen molar-refractivity contribution >= 4 is 11.9 Å². The van der Waals surface area contributed by atoms with E-state index in [0.29, 0.717) is 36.6 Å². The Morgan fingerprint density at radius 2 is 2.07 bits per heavy atom. The monoisotopic (exact) mass is 374 g/mol. The fourth-order valence-electron chi connectivity index (χ4n) is 3.49. The van der Waals surface area contributed by atoms with Gasteiger partial charge in [0.25, 0.3) is 0 Å². The number of carboxylic acid groups (broad SMARTS) is 1. The van der Waals surface area contributed by atoms with Crippen molar-refractivity contribution in [2.75, 3.05) is 6.54 Å². The lowest BCUT2D eigenvalue weighted by atomic mass is 9.97. The first-order valence-corrected chi connectivity index (χ1v) is 9.25. The van der Waals surface area contributed by atoms with E-state index in [1.807, 2.05) is 0 Å². The zero-order valence-electron chi connectivity index (χ0n) is 15.1. The van der Waals surface area contributed by atoms with Gasteiger partial charge in [0.15, 0.2) is 11.7 Å². The van der Waals surface area contributed by atoms with Crippen LogP contribution in [0.3, 0.4) is 0 Å². The van der Waals surface area contributed by atoms with Gasteiger partial charge in [0.1, 0.15) is 5.82 Å². The largest absolute Gasteiger partial charge is 0.481 e. The average molecular weight is 374 g/mol. The highest BCUT2D eigenvalue weighted by atomic mass is 19.1. The van der Waals surface area contributed by atoms with E-state index in [2.05, 4.69) is 4.98 Å². The summed E-state index contributed by atoms with van der Waals surface area (Å²) in [5.41, 5.74) is 0.340. The van der Waals surface area contributed by atoms with Gasteiger partial charge in [0.05, 0.1) is 11.8 Å². The van der Waals surface area contributed by atoms with Gasteiger partial charge in [0, 0.05) is 31.8 Å². The van der Waals surface area contributed by atoms with Crippen molar-refractivity contribution in [3.63, 3.8) is 0 Å². The van der Waals surface area contributed by atoms with Gasteiger partial charge in [-0.05, 0) is 37.8 Å². The number of aryl methyl sites for hydroxylation is 1. The van der Waals surface area contributed by atoms with Crippen LogP contribution in [0.25, 0.3) is 11.3 Å². The summed E-state index contributed by atoms with van der Waals surface area (Å²) in [5.74, 6) is -0.511. The second kappa shape index (κ2) is 8.79. The number of nitrogens with zero attached hydrogens (tertiary/aromatic N) is 2. The molecule has 1 saturated heterocycles. The molecule has 1 amide bonds. The van der Waals surface area contributed by atoms with E-state index in [1.54, 1.807) is 23.1 Å². The van der Waals surface area contributed by atoms with Crippen molar-refractivity contribution in [1.82, 2.24) is 9.88 Å². The number of likely N-dealkylation sites (tertiary alicyclic amines) is 1. The van der Waals surface area contributed by atoms with E-state index in [4.69, 9.17) is 9.52 Å². The molecule has 0 aliphatic carbocycles. The lowest BCUT2D eigenvalue weighted by molar-refractivity contribution is -0.140. The first-order valence-electron chi connectivity index (χ1n) is 9.25. The second-order valence-electron chi connectivity index (χ2n) is 6.77. The van der Waals surface area contributed by atoms with Crippen LogP contribution in [0.5, 0.6) is 0 Å². The van der Waals surface area contributed by atoms with Crippen molar-refractivity contribution in [3.8, 4) is 11.3 Å². The van der Waals surface area contributed by atoms with Crippen LogP contribution in [0.4, 0.5) is 4.39 Å². The Morgan fingerprint density at radius 3 is 2.85 bits per heavy atom. The van der Waals surface area contributed by atoms with Gasteiger partial charge in [0.2, 0.25) is 5.91 Å². The maximum Gasteiger partial charge on any atom is 0.303 e. The Bertz CT molecular complexity index is 805. The van der Waals surface area contributed by atoms with Crippen LogP contribution < -0.4 is 0 Å². The van der Waals surface area contributed by atoms with Crippen LogP contribution in [0.2, 0.25) is 0 Å². The predicted octanol–water partition coefficient (Wildman–Crippen LogP) is 3.66. The number of amides is 1. The molecule has 1 aromatic heterocycles. The SMILES string of the molecule is O=C(O)CC[C@H]1CCCCN1C(=O)CCc1ncc(-c2ccccc2F)o1. The molecule has 0 radical (unpaired) electrons. The van der Waals surface area contributed by atoms with Gasteiger partial charge < -0.3 is 14.4 Å². The average Bonchev–Trinajstić information content (AvgIpc) is 3.14. The molecule has 1 aliphatic rings. The third-order valence-electron chi connectivity index (χ3n) is 4.88. The summed E-state index contributed by atoms with van der Waals surface area (Å²) < 4.78 is 19.4. The molecular weight excluding hydrogens is 351 g/mol. The molecule has 1 aliphatic heterocycles. The van der Waals surface area contributed by atoms with Gasteiger partial charge in [-0.25, -0.2) is 9.37 Å². The molecule has 7 heteroatoms. The van der Waals surface area contributed by atoms with E-state index >= 15 is 0 Å². The Hall–Kier alpha value is -2.70. The lowest BCUT2D eigenvalue weighted by Gasteiger charge is -2.35. The molecule has 0 bridgehead atoms. The summed E-state index contributed by atoms with van der Waals surface area (Å²) in [6.07, 6.45) is 5.38. The molecular formula is C20H23FN2O4. The summed E-state index contributed by atoms with van der Waals surface area (Å²) in [6, 6.07) is 6.28. The number of piperidine rings is 1. The van der Waals surface area contributed by atoms with E-state index in [9.17, 15) is 14.0 Å². The van der Waals surface area contributed by atoms with Crippen molar-refractivity contribution in [1.29, 1.82) is 0 Å². The summed E-state index contributed by atoms with van der Waals surface area (Å²) in [5, 5.41) is 8.89. The number of halogens is 1. The minimum absolute atomic E-state index is 0.0131. The van der Waals surface area contributed by atoms with Crippen molar-refractivity contribution in [2.45, 2.75) is 51.0 Å². The molecule has 144 valence electrons. The van der Waals surface area contributed by atoms with E-state index in [-0.39, 0.29) is 30.6 Å². The Morgan fingerprint density at radius 1 is 1.26 bits per heavy atom. The first-order chi connectivity index (χ1) is 13.0. The third-order valence-corrected chi connectivity index (χ3v) is 4.88. The topological polar surface area (TPSA) is 83.6 Å². The summed E-state index contributed by atoms with van der Waals surface area (Å²) in [6.45, 7) is 0.662. The molecule has 3 rings (SSSR count). The highest BCUT2D eigenvalue weighted by molar-refractivity contribution is 5.77. The van der Waals surface area contributed by atoms with Gasteiger partial charge in [-0.15, -0.1) is 0 Å². The number of rotatable bonds is 7. The molecule has 27 heavy (non-hydrogen) atoms. The number of aliphatic carboxylic acids is 1. The standard InChI is InChI=1S/C20H23FN2O4/c21-16-7-2-1-6-15(16)17-13-22-18(27-17)9-10-19(24)23-12-4-3-5-14(23)8-11-20(25)26/h1-2,6-7,13-14H,3-5,8-12H2,(H,25,26)/t14-/m1/s1. The lowest BCUT2D eigenvalue weighted by Crippen LogP contribution is -2.44. The zero-order chi connectivity index (χ0) is 19.2. The fraction of sp³-hybridized carbons (Fsp3) is 0.450. The van der Waals surface area contributed by atoms with E-state index in [1.165, 1.54) is 12.3 Å². The summed E-state index contributed by atoms with van der Waals surface area (Å²) >= 11 is 0. The van der Waals surface area contributed by atoms with Gasteiger partial charge >= 0.3 is 5.97 Å². The highest BCUT2D eigenvalue weighted by Gasteiger charge is 2.27. The number of hydrogen-bond donors (Lipinski definition) is 1. The molecule has 2 heterocycles. The molecule has 6 nitrogen and oxygen atoms in total. The number of hydrogen-bond acceptors (Lipinski definition) is 4. The third kappa shape index (κ3) is 4.93. The van der Waals surface area contributed by atoms with Crippen molar-refractivity contribution < 1.29 is 23.5 Å². The van der Waals surface area contributed by atoms with E-state index < -0.39 is 5.97 Å². The Labute approximate surface area is 157 Å². The number of carbonyl (C=O) groups is 2. The normalized spacial score (nSPS) is 17.1. The number of carbonyl (C=O) groups excluding carboxylic acids is 1. The molecule has 1 atom stereocenters. The maximum atomic E-state index is 13.8. The first kappa shape index (κ1) is 19.1. The Balaban J connectivity index is 1.58. The summed E-state index contributed by atoms with van der Waals surface area (Å²) in [4.78, 5) is 29.4. The van der Waals surface area contributed by atoms with Crippen molar-refractivity contribution in [2.24, 2.45) is 0 Å². The molecule has 0 spiro atoms. The van der Waals surface area contributed by atoms with Gasteiger partial charge in [-0.2, -0.15) is 0 Å². The highest BCUT2D eigenvalue weighted by Crippen LogP contribution is 2.25. The number of benzene rings is 1. The maximum absolute atomic E-state index is 13.8. The molecule has 2 aromatic rings. The van der Waals surface area contributed by atoms with Crippen LogP contribution in [0.15, 0.2) is 34.9 Å². The van der Waals surface area contributed by atoms with E-state index in [0.717, 1.165) is 19.3 Å². The minimum Gasteiger partial charge on any atom is -0.481 e. The minimum atomic E-state index is -0.839. The fourth-order valence-corrected chi connectivity index (χ4v) is 3.49. The van der Waals surface area contributed by atoms with Crippen molar-refractivity contribution in [3.05, 3.63) is 42.2 Å². The summed E-state index contributed by atoms with van der Waals surface area (Å²) in [7, 11) is 0. The molecule has 0 unspecified atom stereocenters. The number of aromatic nitrogens is 1. The molecule has 1 fully saturated rings. The van der Waals surface area contributed by atoms with Crippen LogP contribution in [0.1, 0.15) is 44.4 Å². The van der Waals surface area contributed by atoms with Gasteiger partial charge in [-0.1, -0.05) is 12.1 Å². The quantitative estimate of drug-likeness (QED) is 0.800. The number of carboxylic acids is 1. The molecule has 1 aromatic carbocycles. The second-order valence-corrected chi connectivity index (χ2v) is 6.77. The zero-order valence-corrected chi connectivity index (χ0v) is 15.1. The van der Waals surface area contributed by atoms with Crippen LogP contribution in [-0.2, 0) is 16.0 Å². The smallest absolute Gasteiger partial charge is 0.303 e. The van der Waals surface area contributed by atoms with Crippen LogP contribution in [-0.4, -0.2) is 39.5 Å². The van der Waals surface area contributed by atoms with Gasteiger partial charge in [-0.3, -0.25) is 9.59 Å². The van der Waals surface area contributed by atoms with Crippen LogP contribution >= 0.6 is 0 Å². The Kier molecular flexibility index (Phi) is 6.21. The molecule has 1 N–H and O–H groups in total. The van der Waals surface area contributed by atoms with Crippen LogP contribution in [0, 0.1) is 5.82 Å². The molecule has 0 saturated carbocycles. The predicted molar refractivity (Wildman–Crippen MR) is 96.4 cm³/mol.